The van der Waals surface area contributed by atoms with Gasteiger partial charge in [0.05, 0.1) is 11.5 Å². The number of thiocarbonyl (C=S) groups is 1. The summed E-state index contributed by atoms with van der Waals surface area (Å²) in [5, 5.41) is 2.61. The van der Waals surface area contributed by atoms with Crippen LogP contribution in [0.4, 0.5) is 0 Å². The highest BCUT2D eigenvalue weighted by atomic mass is 32.2. The zero-order chi connectivity index (χ0) is 14.7. The number of ether oxygens (including phenoxy) is 1. The van der Waals surface area contributed by atoms with E-state index in [4.69, 9.17) is 17.0 Å². The van der Waals surface area contributed by atoms with Crippen molar-refractivity contribution in [1.82, 2.24) is 5.32 Å². The van der Waals surface area contributed by atoms with Gasteiger partial charge in [-0.1, -0.05) is 49.0 Å². The molecule has 21 heavy (non-hydrogen) atoms. The normalized spacial score (nSPS) is 21.0. The van der Waals surface area contributed by atoms with Crippen molar-refractivity contribution in [1.29, 1.82) is 0 Å². The molecule has 1 saturated heterocycles. The Hall–Kier alpha value is -1.33. The fraction of sp³-hybridized carbons (Fsp3) is 0.375. The number of rotatable bonds is 4. The molecule has 3 nitrogen and oxygen atoms in total. The molecule has 110 valence electrons. The second-order valence-electron chi connectivity index (χ2n) is 5.38. The van der Waals surface area contributed by atoms with E-state index in [9.17, 15) is 4.79 Å². The molecule has 0 atom stereocenters. The summed E-state index contributed by atoms with van der Waals surface area (Å²) in [5.74, 6) is 1.49. The molecule has 0 unspecified atom stereocenters. The number of carbonyl (C=O) groups excluding carboxylic acids is 1. The van der Waals surface area contributed by atoms with Crippen molar-refractivity contribution in [2.45, 2.75) is 25.7 Å². The van der Waals surface area contributed by atoms with Crippen LogP contribution in [-0.4, -0.2) is 16.8 Å². The van der Waals surface area contributed by atoms with E-state index >= 15 is 0 Å². The summed E-state index contributed by atoms with van der Waals surface area (Å²) in [5.41, 5.74) is 0.977. The fourth-order valence-corrected chi connectivity index (χ4v) is 3.67. The van der Waals surface area contributed by atoms with Gasteiger partial charge in [0.2, 0.25) is 0 Å². The SMILES string of the molecule is O=C1NC(=S)SC1=Cc1ccc(OCC2CCCC2)cc1. The van der Waals surface area contributed by atoms with Crippen LogP contribution in [0.25, 0.3) is 6.08 Å². The zero-order valence-corrected chi connectivity index (χ0v) is 13.3. The number of amides is 1. The van der Waals surface area contributed by atoms with Gasteiger partial charge < -0.3 is 10.1 Å². The van der Waals surface area contributed by atoms with Gasteiger partial charge in [0.15, 0.2) is 0 Å². The average molecular weight is 319 g/mol. The number of hydrogen-bond acceptors (Lipinski definition) is 4. The lowest BCUT2D eigenvalue weighted by atomic mass is 10.1. The molecule has 1 amide bonds. The summed E-state index contributed by atoms with van der Waals surface area (Å²) in [6, 6.07) is 7.84. The van der Waals surface area contributed by atoms with Gasteiger partial charge in [0, 0.05) is 0 Å². The fourth-order valence-electron chi connectivity index (χ4n) is 2.62. The highest BCUT2D eigenvalue weighted by Crippen LogP contribution is 2.27. The molecular weight excluding hydrogens is 302 g/mol. The molecule has 0 bridgehead atoms. The Labute approximate surface area is 134 Å². The quantitative estimate of drug-likeness (QED) is 0.678. The average Bonchev–Trinajstić information content (AvgIpc) is 3.08. The minimum Gasteiger partial charge on any atom is -0.493 e. The van der Waals surface area contributed by atoms with Gasteiger partial charge in [-0.2, -0.15) is 0 Å². The van der Waals surface area contributed by atoms with Crippen LogP contribution in [0.15, 0.2) is 29.2 Å². The van der Waals surface area contributed by atoms with E-state index in [0.29, 0.717) is 15.1 Å². The van der Waals surface area contributed by atoms with E-state index in [2.05, 4.69) is 5.32 Å². The van der Waals surface area contributed by atoms with Gasteiger partial charge in [-0.05, 0) is 42.5 Å². The number of benzene rings is 1. The Morgan fingerprint density at radius 3 is 2.62 bits per heavy atom. The predicted octanol–water partition coefficient (Wildman–Crippen LogP) is 3.74. The summed E-state index contributed by atoms with van der Waals surface area (Å²) in [6.45, 7) is 0.812. The van der Waals surface area contributed by atoms with Crippen LogP contribution < -0.4 is 10.1 Å². The Morgan fingerprint density at radius 2 is 2.00 bits per heavy atom. The molecule has 1 aliphatic carbocycles. The summed E-state index contributed by atoms with van der Waals surface area (Å²) in [6.07, 6.45) is 7.09. The van der Waals surface area contributed by atoms with Crippen molar-refractivity contribution >= 4 is 40.3 Å². The highest BCUT2D eigenvalue weighted by molar-refractivity contribution is 8.26. The third-order valence-electron chi connectivity index (χ3n) is 3.78. The number of nitrogens with one attached hydrogen (secondary N) is 1. The number of thioether (sulfide) groups is 1. The number of hydrogen-bond donors (Lipinski definition) is 1. The van der Waals surface area contributed by atoms with Crippen LogP contribution in [0.2, 0.25) is 0 Å². The maximum absolute atomic E-state index is 11.6. The second kappa shape index (κ2) is 6.62. The lowest BCUT2D eigenvalue weighted by Gasteiger charge is -2.11. The molecule has 1 aromatic carbocycles. The third kappa shape index (κ3) is 3.86. The van der Waals surface area contributed by atoms with Crippen molar-refractivity contribution in [3.05, 3.63) is 34.7 Å². The number of carbonyl (C=O) groups is 1. The first-order valence-electron chi connectivity index (χ1n) is 7.18. The summed E-state index contributed by atoms with van der Waals surface area (Å²) >= 11 is 6.27. The van der Waals surface area contributed by atoms with Crippen molar-refractivity contribution in [2.24, 2.45) is 5.92 Å². The van der Waals surface area contributed by atoms with Gasteiger partial charge in [0.25, 0.3) is 5.91 Å². The molecule has 1 aliphatic heterocycles. The van der Waals surface area contributed by atoms with E-state index < -0.39 is 0 Å². The first-order chi connectivity index (χ1) is 10.2. The van der Waals surface area contributed by atoms with Crippen LogP contribution in [0.3, 0.4) is 0 Å². The van der Waals surface area contributed by atoms with Gasteiger partial charge >= 0.3 is 0 Å². The van der Waals surface area contributed by atoms with E-state index in [1.165, 1.54) is 37.4 Å². The summed E-state index contributed by atoms with van der Waals surface area (Å²) in [4.78, 5) is 12.2. The molecule has 2 aliphatic rings. The van der Waals surface area contributed by atoms with E-state index in [0.717, 1.165) is 17.9 Å². The van der Waals surface area contributed by atoms with Gasteiger partial charge in [-0.3, -0.25) is 4.79 Å². The maximum atomic E-state index is 11.6. The van der Waals surface area contributed by atoms with E-state index in [1.807, 2.05) is 30.3 Å². The molecule has 5 heteroatoms. The smallest absolute Gasteiger partial charge is 0.263 e. The van der Waals surface area contributed by atoms with Crippen molar-refractivity contribution in [2.75, 3.05) is 6.61 Å². The third-order valence-corrected chi connectivity index (χ3v) is 4.94. The minimum atomic E-state index is -0.119. The highest BCUT2D eigenvalue weighted by Gasteiger charge is 2.21. The Bertz CT molecular complexity index is 574. The molecule has 1 heterocycles. The monoisotopic (exact) mass is 319 g/mol. The second-order valence-corrected chi connectivity index (χ2v) is 7.10. The van der Waals surface area contributed by atoms with Crippen LogP contribution in [0, 0.1) is 5.92 Å². The summed E-state index contributed by atoms with van der Waals surface area (Å²) < 4.78 is 6.34. The Kier molecular flexibility index (Phi) is 4.60. The van der Waals surface area contributed by atoms with Crippen LogP contribution in [0.5, 0.6) is 5.75 Å². The lowest BCUT2D eigenvalue weighted by Crippen LogP contribution is -2.17. The first kappa shape index (κ1) is 14.6. The Morgan fingerprint density at radius 1 is 1.29 bits per heavy atom. The molecule has 1 N–H and O–H groups in total. The molecule has 0 radical (unpaired) electrons. The zero-order valence-electron chi connectivity index (χ0n) is 11.6. The van der Waals surface area contributed by atoms with Gasteiger partial charge in [-0.15, -0.1) is 0 Å². The molecule has 0 spiro atoms. The van der Waals surface area contributed by atoms with Crippen LogP contribution in [-0.2, 0) is 4.79 Å². The standard InChI is InChI=1S/C16H17NO2S2/c18-15-14(21-16(20)17-15)9-11-5-7-13(8-6-11)19-10-12-3-1-2-4-12/h5-9,12H,1-4,10H2,(H,17,18,20). The van der Waals surface area contributed by atoms with Crippen molar-refractivity contribution in [3.63, 3.8) is 0 Å². The Balaban J connectivity index is 1.60. The van der Waals surface area contributed by atoms with Crippen LogP contribution in [0.1, 0.15) is 31.2 Å². The van der Waals surface area contributed by atoms with E-state index in [1.54, 1.807) is 0 Å². The summed E-state index contributed by atoms with van der Waals surface area (Å²) in [7, 11) is 0. The topological polar surface area (TPSA) is 38.3 Å². The maximum Gasteiger partial charge on any atom is 0.263 e. The predicted molar refractivity (Wildman–Crippen MR) is 90.2 cm³/mol. The largest absolute Gasteiger partial charge is 0.493 e. The minimum absolute atomic E-state index is 0.119. The molecule has 2 fully saturated rings. The van der Waals surface area contributed by atoms with Crippen molar-refractivity contribution < 1.29 is 9.53 Å². The molecule has 1 aromatic rings. The van der Waals surface area contributed by atoms with Gasteiger partial charge in [0.1, 0.15) is 10.1 Å². The van der Waals surface area contributed by atoms with E-state index in [-0.39, 0.29) is 5.91 Å². The molecule has 1 saturated carbocycles. The molecule has 3 rings (SSSR count). The molecular formula is C16H17NO2S2. The molecule has 0 aromatic heterocycles. The first-order valence-corrected chi connectivity index (χ1v) is 8.41. The lowest BCUT2D eigenvalue weighted by molar-refractivity contribution is -0.115. The van der Waals surface area contributed by atoms with Crippen LogP contribution >= 0.6 is 24.0 Å². The van der Waals surface area contributed by atoms with Crippen molar-refractivity contribution in [3.8, 4) is 5.75 Å². The van der Waals surface area contributed by atoms with Gasteiger partial charge in [-0.25, -0.2) is 0 Å².